The van der Waals surface area contributed by atoms with E-state index in [9.17, 15) is 0 Å². The van der Waals surface area contributed by atoms with E-state index in [0.29, 0.717) is 11.6 Å². The van der Waals surface area contributed by atoms with Crippen LogP contribution in [-0.4, -0.2) is 19.2 Å². The Bertz CT molecular complexity index is 295. The number of nitrogens with zero attached hydrogens (tertiary/aromatic N) is 4. The molecule has 7 heteroatoms. The molecule has 0 unspecified atom stereocenters. The molecule has 54 valence electrons. The van der Waals surface area contributed by atoms with E-state index in [1.165, 1.54) is 8.88 Å². The Hall–Kier alpha value is -1.11. The van der Waals surface area contributed by atoms with Crippen molar-refractivity contribution in [1.29, 1.82) is 0 Å². The summed E-state index contributed by atoms with van der Waals surface area (Å²) in [5.41, 5.74) is 0. The number of thiol groups is 1. The standard InChI is InChI=1S/C3H4N4O2S/c1-6-2(4-8-6)3-5-9-7(3)10/h10H,1H3. The molecule has 0 saturated carbocycles. The third kappa shape index (κ3) is 0.548. The average Bonchev–Trinajstić information content (AvgIpc) is 1.93. The Balaban J connectivity index is 2.39. The van der Waals surface area contributed by atoms with Gasteiger partial charge in [0.1, 0.15) is 0 Å². The lowest BCUT2D eigenvalue weighted by Crippen LogP contribution is -2.12. The molecule has 0 radical (unpaired) electrons. The van der Waals surface area contributed by atoms with Crippen molar-refractivity contribution in [2.45, 2.75) is 0 Å². The van der Waals surface area contributed by atoms with Gasteiger partial charge in [-0.1, -0.05) is 0 Å². The lowest BCUT2D eigenvalue weighted by atomic mass is 10.6. The van der Waals surface area contributed by atoms with Crippen LogP contribution < -0.4 is 0 Å². The molecule has 0 spiro atoms. The number of aromatic nitrogens is 4. The largest absolute Gasteiger partial charge is 0.269 e. The van der Waals surface area contributed by atoms with Gasteiger partial charge in [0.25, 0.3) is 11.6 Å². The number of hydrogen-bond acceptors (Lipinski definition) is 5. The molecule has 0 fully saturated rings. The second-order valence-corrected chi connectivity index (χ2v) is 2.13. The average molecular weight is 160 g/mol. The zero-order valence-corrected chi connectivity index (χ0v) is 5.95. The molecule has 0 aliphatic carbocycles. The number of rotatable bonds is 1. The van der Waals surface area contributed by atoms with Crippen LogP contribution in [0.4, 0.5) is 0 Å². The Kier molecular flexibility index (Phi) is 0.956. The molecule has 2 aromatic heterocycles. The normalized spacial score (nSPS) is 11.0. The predicted octanol–water partition coefficient (Wildman–Crippen LogP) is 0.162. The Morgan fingerprint density at radius 2 is 2.00 bits per heavy atom. The van der Waals surface area contributed by atoms with Gasteiger partial charge in [0.05, 0.1) is 0 Å². The zero-order valence-electron chi connectivity index (χ0n) is 5.05. The van der Waals surface area contributed by atoms with Crippen LogP contribution in [0.5, 0.6) is 0 Å². The molecule has 10 heavy (non-hydrogen) atoms. The first kappa shape index (κ1) is 5.66. The first-order chi connectivity index (χ1) is 4.79. The molecule has 6 nitrogen and oxygen atoms in total. The van der Waals surface area contributed by atoms with Crippen LogP contribution in [0.25, 0.3) is 11.6 Å². The summed E-state index contributed by atoms with van der Waals surface area (Å²) in [5, 5.41) is 7.10. The highest BCUT2D eigenvalue weighted by atomic mass is 32.1. The maximum absolute atomic E-state index is 4.57. The molecule has 0 N–H and O–H groups in total. The van der Waals surface area contributed by atoms with Crippen LogP contribution in [0.1, 0.15) is 0 Å². The molecule has 2 heterocycles. The van der Waals surface area contributed by atoms with Gasteiger partial charge in [0.15, 0.2) is 0 Å². The monoisotopic (exact) mass is 160 g/mol. The molecule has 0 aromatic carbocycles. The minimum Gasteiger partial charge on any atom is -0.264 e. The second kappa shape index (κ2) is 1.69. The molecular formula is C3H4N4O2S. The quantitative estimate of drug-likeness (QED) is 0.604. The summed E-state index contributed by atoms with van der Waals surface area (Å²) in [6.45, 7) is 0. The van der Waals surface area contributed by atoms with Crippen LogP contribution in [0, 0.1) is 0 Å². The summed E-state index contributed by atoms with van der Waals surface area (Å²) in [6.07, 6.45) is 0. The number of aryl methyl sites for hydroxylation is 1. The van der Waals surface area contributed by atoms with Crippen molar-refractivity contribution in [3.05, 3.63) is 0 Å². The van der Waals surface area contributed by atoms with Gasteiger partial charge < -0.3 is 0 Å². The first-order valence-electron chi connectivity index (χ1n) is 2.52. The third-order valence-corrected chi connectivity index (χ3v) is 1.40. The summed E-state index contributed by atoms with van der Waals surface area (Å²) >= 11 is 3.86. The maximum Gasteiger partial charge on any atom is 0.269 e. The molecule has 0 atom stereocenters. The van der Waals surface area contributed by atoms with E-state index in [1.807, 2.05) is 0 Å². The van der Waals surface area contributed by atoms with Crippen LogP contribution >= 0.6 is 12.8 Å². The summed E-state index contributed by atoms with van der Waals surface area (Å²) in [5.74, 6) is 1.17. The van der Waals surface area contributed by atoms with Crippen molar-refractivity contribution in [1.82, 2.24) is 19.2 Å². The van der Waals surface area contributed by atoms with Gasteiger partial charge in [-0.2, -0.15) is 4.74 Å². The van der Waals surface area contributed by atoms with Crippen molar-refractivity contribution < 1.29 is 9.26 Å². The molecule has 0 aliphatic rings. The van der Waals surface area contributed by atoms with Crippen molar-refractivity contribution in [3.63, 3.8) is 0 Å². The molecule has 0 amide bonds. The van der Waals surface area contributed by atoms with Gasteiger partial charge in [0.2, 0.25) is 0 Å². The van der Waals surface area contributed by atoms with E-state index in [0.717, 1.165) is 0 Å². The lowest BCUT2D eigenvalue weighted by molar-refractivity contribution is 0.130. The van der Waals surface area contributed by atoms with Crippen LogP contribution in [0.3, 0.4) is 0 Å². The lowest BCUT2D eigenvalue weighted by Gasteiger charge is -2.08. The SMILES string of the molecule is Cn1onc1-c1non1S. The Morgan fingerprint density at radius 3 is 2.10 bits per heavy atom. The second-order valence-electron chi connectivity index (χ2n) is 1.76. The van der Waals surface area contributed by atoms with E-state index in [4.69, 9.17) is 0 Å². The molecule has 0 bridgehead atoms. The molecular weight excluding hydrogens is 156 g/mol. The van der Waals surface area contributed by atoms with Gasteiger partial charge in [-0.3, -0.25) is 9.26 Å². The minimum absolute atomic E-state index is 0.553. The van der Waals surface area contributed by atoms with Crippen molar-refractivity contribution in [3.8, 4) is 11.6 Å². The zero-order chi connectivity index (χ0) is 7.14. The first-order valence-corrected chi connectivity index (χ1v) is 2.92. The third-order valence-electron chi connectivity index (χ3n) is 1.13. The predicted molar refractivity (Wildman–Crippen MR) is 33.3 cm³/mol. The van der Waals surface area contributed by atoms with E-state index in [2.05, 4.69) is 32.4 Å². The summed E-state index contributed by atoms with van der Waals surface area (Å²) < 4.78 is 11.7. The van der Waals surface area contributed by atoms with Crippen molar-refractivity contribution in [2.24, 2.45) is 7.05 Å². The highest BCUT2D eigenvalue weighted by Gasteiger charge is 2.18. The van der Waals surface area contributed by atoms with Gasteiger partial charge in [-0.15, -0.1) is 4.15 Å². The van der Waals surface area contributed by atoms with Gasteiger partial charge >= 0.3 is 0 Å². The van der Waals surface area contributed by atoms with E-state index in [1.54, 1.807) is 7.05 Å². The van der Waals surface area contributed by atoms with Crippen LogP contribution in [0.15, 0.2) is 9.26 Å². The highest BCUT2D eigenvalue weighted by Crippen LogP contribution is 2.16. The molecule has 2 aromatic rings. The summed E-state index contributed by atoms with van der Waals surface area (Å²) in [4.78, 5) is 0. The topological polar surface area (TPSA) is 61.9 Å². The summed E-state index contributed by atoms with van der Waals surface area (Å²) in [7, 11) is 1.71. The van der Waals surface area contributed by atoms with Crippen LogP contribution in [0.2, 0.25) is 0 Å². The van der Waals surface area contributed by atoms with Crippen LogP contribution in [-0.2, 0) is 7.05 Å². The number of hydrogen-bond donors (Lipinski definition) is 1. The molecule has 0 saturated heterocycles. The smallest absolute Gasteiger partial charge is 0.264 e. The van der Waals surface area contributed by atoms with Crippen molar-refractivity contribution >= 4 is 12.8 Å². The fourth-order valence-corrected chi connectivity index (χ4v) is 0.752. The maximum atomic E-state index is 4.57. The fourth-order valence-electron chi connectivity index (χ4n) is 0.589. The van der Waals surface area contributed by atoms with Crippen molar-refractivity contribution in [2.75, 3.05) is 0 Å². The Morgan fingerprint density at radius 1 is 1.30 bits per heavy atom. The van der Waals surface area contributed by atoms with Gasteiger partial charge in [0, 0.05) is 7.05 Å². The fraction of sp³-hybridized carbons (Fsp3) is 0.333. The van der Waals surface area contributed by atoms with E-state index < -0.39 is 0 Å². The van der Waals surface area contributed by atoms with E-state index in [-0.39, 0.29) is 0 Å². The van der Waals surface area contributed by atoms with E-state index >= 15 is 0 Å². The van der Waals surface area contributed by atoms with Gasteiger partial charge in [-0.05, 0) is 23.1 Å². The molecule has 2 rings (SSSR count). The Labute approximate surface area is 60.8 Å². The molecule has 0 aliphatic heterocycles. The van der Waals surface area contributed by atoms with Gasteiger partial charge in [-0.25, -0.2) is 0 Å². The minimum atomic E-state index is 0.553. The summed E-state index contributed by atoms with van der Waals surface area (Å²) in [6, 6.07) is 0. The highest BCUT2D eigenvalue weighted by molar-refractivity contribution is 7.78.